The van der Waals surface area contributed by atoms with E-state index in [-0.39, 0.29) is 59.2 Å². The van der Waals surface area contributed by atoms with Crippen LogP contribution in [0.25, 0.3) is 0 Å². The molecule has 434 valence electrons. The number of ether oxygens (including phenoxy) is 9. The predicted octanol–water partition coefficient (Wildman–Crippen LogP) is -0.186. The highest BCUT2D eigenvalue weighted by Crippen LogP contribution is 2.76. The normalized spacial score (nSPS) is 53.2. The second kappa shape index (κ2) is 21.4. The van der Waals surface area contributed by atoms with Gasteiger partial charge in [0.15, 0.2) is 25.0 Å². The molecule has 0 amide bonds. The van der Waals surface area contributed by atoms with Crippen LogP contribution in [-0.2, 0) is 52.2 Å². The third-order valence-electron chi connectivity index (χ3n) is 21.0. The minimum Gasteiger partial charge on any atom is -0.457 e. The largest absolute Gasteiger partial charge is 0.457 e. The van der Waals surface area contributed by atoms with E-state index in [1.807, 2.05) is 6.92 Å². The molecular weight excluding hydrogens is 1000 g/mol. The maximum atomic E-state index is 15.1. The lowest BCUT2D eigenvalue weighted by molar-refractivity contribution is -0.365. The van der Waals surface area contributed by atoms with Gasteiger partial charge in [-0.2, -0.15) is 0 Å². The Labute approximate surface area is 443 Å². The van der Waals surface area contributed by atoms with E-state index < -0.39 is 146 Å². The van der Waals surface area contributed by atoms with Crippen LogP contribution >= 0.6 is 0 Å². The Bertz CT molecular complexity index is 2130. The number of esters is 2. The van der Waals surface area contributed by atoms with Crippen LogP contribution in [0, 0.1) is 50.2 Å². The molecule has 4 saturated heterocycles. The first-order chi connectivity index (χ1) is 35.6. The van der Waals surface area contributed by atoms with Gasteiger partial charge < -0.3 is 98.8 Å². The van der Waals surface area contributed by atoms with Gasteiger partial charge in [-0.05, 0) is 111 Å². The standard InChI is InChI=1S/C54H86O22/c1-24-34(59)37(62)39(64)45(71-24)75-43-35(60)28(57)20-69-47(43)74-33-12-13-50(5)31(51(33,6)23-55)11-14-53(8)32(50)10-9-26-27-19-49(3,4)15-17-54(27,18-16-52(26,53)7)48(67)76-46-40(65)38(63)36(61)30(73-46)22-70-44-41(66)42(72-25(2)56)29(58)21-68-44/h9,24,27-47,55,57-66H,10-23H2,1-8H3/t24-,27-,28-,29+,30+,31+,32+,33-,34-,35-,36+,37+,38-,39+,40+,41+,42-,43+,44-,45-,46-,47-,50-,51-,52+,53+,54-/m0/s1. The summed E-state index contributed by atoms with van der Waals surface area (Å²) in [7, 11) is 0. The van der Waals surface area contributed by atoms with E-state index in [9.17, 15) is 61.0 Å². The molecule has 5 aliphatic carbocycles. The summed E-state index contributed by atoms with van der Waals surface area (Å²) in [6.45, 7) is 14.8. The molecule has 9 aliphatic rings. The van der Waals surface area contributed by atoms with Gasteiger partial charge in [-0.25, -0.2) is 0 Å². The first-order valence-corrected chi connectivity index (χ1v) is 27.5. The summed E-state index contributed by atoms with van der Waals surface area (Å²) >= 11 is 0. The Morgan fingerprint density at radius 2 is 1.30 bits per heavy atom. The van der Waals surface area contributed by atoms with Crippen molar-refractivity contribution < 1.29 is 108 Å². The number of rotatable bonds is 11. The molecular formula is C54H86O22. The van der Waals surface area contributed by atoms with Crippen LogP contribution in [-0.4, -0.2) is 211 Å². The summed E-state index contributed by atoms with van der Waals surface area (Å²) in [4.78, 5) is 26.7. The molecule has 0 aromatic carbocycles. The molecule has 9 rings (SSSR count). The molecule has 4 saturated carbocycles. The van der Waals surface area contributed by atoms with Gasteiger partial charge in [-0.1, -0.05) is 53.2 Å². The lowest BCUT2D eigenvalue weighted by atomic mass is 9.33. The molecule has 22 nitrogen and oxygen atoms in total. The zero-order chi connectivity index (χ0) is 55.4. The first-order valence-electron chi connectivity index (χ1n) is 27.5. The highest BCUT2D eigenvalue weighted by Gasteiger charge is 2.71. The van der Waals surface area contributed by atoms with Crippen molar-refractivity contribution in [1.82, 2.24) is 0 Å². The average molecular weight is 1090 g/mol. The van der Waals surface area contributed by atoms with Crippen molar-refractivity contribution in [3.63, 3.8) is 0 Å². The Balaban J connectivity index is 0.926. The Morgan fingerprint density at radius 1 is 0.645 bits per heavy atom. The maximum absolute atomic E-state index is 15.1. The summed E-state index contributed by atoms with van der Waals surface area (Å²) < 4.78 is 52.9. The zero-order valence-corrected chi connectivity index (χ0v) is 45.1. The fraction of sp³-hybridized carbons (Fsp3) is 0.926. The van der Waals surface area contributed by atoms with Crippen LogP contribution in [0.5, 0.6) is 0 Å². The third-order valence-corrected chi connectivity index (χ3v) is 21.0. The van der Waals surface area contributed by atoms with E-state index in [1.165, 1.54) is 12.5 Å². The molecule has 8 fully saturated rings. The summed E-state index contributed by atoms with van der Waals surface area (Å²) in [5.74, 6) is -1.44. The summed E-state index contributed by atoms with van der Waals surface area (Å²) in [5, 5.41) is 119. The van der Waals surface area contributed by atoms with Crippen LogP contribution in [0.1, 0.15) is 120 Å². The van der Waals surface area contributed by atoms with Crippen LogP contribution < -0.4 is 0 Å². The van der Waals surface area contributed by atoms with Crippen molar-refractivity contribution in [2.75, 3.05) is 26.4 Å². The van der Waals surface area contributed by atoms with Crippen molar-refractivity contribution in [1.29, 1.82) is 0 Å². The number of allylic oxidation sites excluding steroid dienone is 2. The van der Waals surface area contributed by atoms with E-state index in [2.05, 4.69) is 40.7 Å². The first kappa shape index (κ1) is 58.6. The summed E-state index contributed by atoms with van der Waals surface area (Å²) in [6.07, 6.45) is -18.4. The van der Waals surface area contributed by atoms with E-state index in [0.717, 1.165) is 32.6 Å². The predicted molar refractivity (Wildman–Crippen MR) is 260 cm³/mol. The zero-order valence-electron chi connectivity index (χ0n) is 45.1. The van der Waals surface area contributed by atoms with Gasteiger partial charge in [0, 0.05) is 12.3 Å². The van der Waals surface area contributed by atoms with Crippen molar-refractivity contribution in [2.45, 2.75) is 236 Å². The number of fused-ring (bicyclic) bond motifs is 7. The maximum Gasteiger partial charge on any atom is 0.315 e. The fourth-order valence-electron chi connectivity index (χ4n) is 16.1. The van der Waals surface area contributed by atoms with Gasteiger partial charge in [-0.3, -0.25) is 9.59 Å². The SMILES string of the molecule is CC(=O)O[C@@H]1[C@@H](O)[C@H](OC[C@H]2O[C@@H](OC(=O)[C@]34CCC(C)(C)C[C@H]3C3=CC[C@@H]5[C@@]6(C)CC[C@H](O[C@@H]7OC[C@H](O)[C@H](O)[C@H]7O[C@@H]7O[C@@H](C)[C@H](O)[C@@H](O)[C@H]7O)[C@@](C)(CO)[C@@H]6CC[C@@]5(C)[C@]3(C)CC4)[C@H](O)[C@@H](O)[C@@H]2O)OC[C@H]1O. The molecule has 27 atom stereocenters. The topological polar surface area (TPSA) is 340 Å². The molecule has 0 radical (unpaired) electrons. The molecule has 0 aromatic rings. The van der Waals surface area contributed by atoms with Crippen molar-refractivity contribution in [2.24, 2.45) is 50.2 Å². The Hall–Kier alpha value is -2.04. The second-order valence-corrected chi connectivity index (χ2v) is 25.8. The van der Waals surface area contributed by atoms with Crippen LogP contribution in [0.3, 0.4) is 0 Å². The Morgan fingerprint density at radius 3 is 2.00 bits per heavy atom. The van der Waals surface area contributed by atoms with Gasteiger partial charge in [0.1, 0.15) is 73.2 Å². The molecule has 4 heterocycles. The number of carbonyl (C=O) groups excluding carboxylic acids is 2. The highest BCUT2D eigenvalue weighted by atomic mass is 16.8. The average Bonchev–Trinajstić information content (AvgIpc) is 3.39. The smallest absolute Gasteiger partial charge is 0.315 e. The summed E-state index contributed by atoms with van der Waals surface area (Å²) in [6, 6.07) is 0. The molecule has 0 aromatic heterocycles. The van der Waals surface area contributed by atoms with Crippen molar-refractivity contribution in [3.8, 4) is 0 Å². The van der Waals surface area contributed by atoms with E-state index >= 15 is 4.79 Å². The van der Waals surface area contributed by atoms with Gasteiger partial charge in [-0.15, -0.1) is 0 Å². The monoisotopic (exact) mass is 1090 g/mol. The number of aliphatic hydroxyl groups excluding tert-OH is 11. The van der Waals surface area contributed by atoms with Crippen molar-refractivity contribution >= 4 is 11.9 Å². The van der Waals surface area contributed by atoms with E-state index in [0.29, 0.717) is 38.5 Å². The molecule has 0 unspecified atom stereocenters. The molecule has 0 spiro atoms. The van der Waals surface area contributed by atoms with Crippen molar-refractivity contribution in [3.05, 3.63) is 11.6 Å². The van der Waals surface area contributed by atoms with Gasteiger partial charge >= 0.3 is 11.9 Å². The summed E-state index contributed by atoms with van der Waals surface area (Å²) in [5.41, 5.74) is -1.66. The van der Waals surface area contributed by atoms with E-state index in [1.54, 1.807) is 0 Å². The van der Waals surface area contributed by atoms with Gasteiger partial charge in [0.2, 0.25) is 6.29 Å². The van der Waals surface area contributed by atoms with Gasteiger partial charge in [0.25, 0.3) is 0 Å². The molecule has 4 aliphatic heterocycles. The third kappa shape index (κ3) is 9.73. The molecule has 22 heteroatoms. The number of hydrogen-bond donors (Lipinski definition) is 11. The van der Waals surface area contributed by atoms with Crippen LogP contribution in [0.2, 0.25) is 0 Å². The highest BCUT2D eigenvalue weighted by molar-refractivity contribution is 5.79. The van der Waals surface area contributed by atoms with Crippen LogP contribution in [0.15, 0.2) is 11.6 Å². The van der Waals surface area contributed by atoms with Gasteiger partial charge in [0.05, 0.1) is 44.1 Å². The lowest BCUT2D eigenvalue weighted by Gasteiger charge is -2.71. The second-order valence-electron chi connectivity index (χ2n) is 25.8. The number of aliphatic hydroxyl groups is 11. The molecule has 0 bridgehead atoms. The minimum absolute atomic E-state index is 0.0399. The lowest BCUT2D eigenvalue weighted by Crippen LogP contribution is -2.67. The molecule has 76 heavy (non-hydrogen) atoms. The fourth-order valence-corrected chi connectivity index (χ4v) is 16.1. The number of hydrogen-bond acceptors (Lipinski definition) is 22. The Kier molecular flexibility index (Phi) is 16.5. The van der Waals surface area contributed by atoms with Crippen LogP contribution in [0.4, 0.5) is 0 Å². The number of carbonyl (C=O) groups is 2. The molecule has 11 N–H and O–H groups in total. The van der Waals surface area contributed by atoms with E-state index in [4.69, 9.17) is 42.6 Å². The minimum atomic E-state index is -1.82. The quantitative estimate of drug-likeness (QED) is 0.0726.